The molecule has 2 atom stereocenters. The first-order chi connectivity index (χ1) is 9.76. The topological polar surface area (TPSA) is 15.3 Å². The van der Waals surface area contributed by atoms with Crippen molar-refractivity contribution in [1.82, 2.24) is 10.2 Å². The van der Waals surface area contributed by atoms with Crippen LogP contribution in [-0.4, -0.2) is 36.6 Å². The van der Waals surface area contributed by atoms with E-state index >= 15 is 0 Å². The van der Waals surface area contributed by atoms with Gasteiger partial charge < -0.3 is 5.32 Å². The minimum absolute atomic E-state index is 0.142. The van der Waals surface area contributed by atoms with Crippen molar-refractivity contribution in [2.24, 2.45) is 5.92 Å². The Balaban J connectivity index is 1.56. The Morgan fingerprint density at radius 2 is 2.00 bits per heavy atom. The van der Waals surface area contributed by atoms with Crippen LogP contribution in [-0.2, 0) is 6.42 Å². The Hall–Kier alpha value is -0.930. The summed E-state index contributed by atoms with van der Waals surface area (Å²) in [4.78, 5) is 2.64. The van der Waals surface area contributed by atoms with Gasteiger partial charge in [-0.15, -0.1) is 0 Å². The second kappa shape index (κ2) is 6.23. The summed E-state index contributed by atoms with van der Waals surface area (Å²) in [6.07, 6.45) is 5.03. The fourth-order valence-electron chi connectivity index (χ4n) is 3.30. The Morgan fingerprint density at radius 1 is 1.25 bits per heavy atom. The smallest absolute Gasteiger partial charge is 0.123 e. The molecule has 1 saturated heterocycles. The average molecular weight is 276 g/mol. The van der Waals surface area contributed by atoms with Gasteiger partial charge in [-0.3, -0.25) is 4.90 Å². The first-order valence-corrected chi connectivity index (χ1v) is 7.98. The van der Waals surface area contributed by atoms with Gasteiger partial charge in [0.2, 0.25) is 0 Å². The molecule has 0 radical (unpaired) electrons. The largest absolute Gasteiger partial charge is 0.311 e. The summed E-state index contributed by atoms with van der Waals surface area (Å²) in [6, 6.07) is 8.32. The average Bonchev–Trinajstić information content (AvgIpc) is 3.31. The first kappa shape index (κ1) is 14.0. The highest BCUT2D eigenvalue weighted by molar-refractivity contribution is 5.16. The van der Waals surface area contributed by atoms with Crippen LogP contribution in [0.4, 0.5) is 4.39 Å². The molecule has 1 aromatic carbocycles. The van der Waals surface area contributed by atoms with Crippen molar-refractivity contribution in [2.45, 2.75) is 44.7 Å². The van der Waals surface area contributed by atoms with Crippen LogP contribution in [0.25, 0.3) is 0 Å². The van der Waals surface area contributed by atoms with Crippen molar-refractivity contribution in [2.75, 3.05) is 19.6 Å². The second-order valence-electron chi connectivity index (χ2n) is 6.29. The van der Waals surface area contributed by atoms with Gasteiger partial charge in [-0.1, -0.05) is 19.1 Å². The molecule has 20 heavy (non-hydrogen) atoms. The molecule has 2 nitrogen and oxygen atoms in total. The zero-order chi connectivity index (χ0) is 13.9. The van der Waals surface area contributed by atoms with E-state index in [-0.39, 0.29) is 5.82 Å². The summed E-state index contributed by atoms with van der Waals surface area (Å²) < 4.78 is 12.9. The minimum Gasteiger partial charge on any atom is -0.311 e. The van der Waals surface area contributed by atoms with Crippen LogP contribution in [0.3, 0.4) is 0 Å². The lowest BCUT2D eigenvalue weighted by atomic mass is 10.0. The standard InChI is InChI=1S/C17H25FN2/c1-2-16-11-19-17(14-5-6-14)12-20(16)10-9-13-3-7-15(18)8-4-13/h3-4,7-8,14,16-17,19H,2,5-6,9-12H2,1H3. The van der Waals surface area contributed by atoms with Gasteiger partial charge >= 0.3 is 0 Å². The maximum atomic E-state index is 12.9. The van der Waals surface area contributed by atoms with E-state index in [1.807, 2.05) is 12.1 Å². The number of halogens is 1. The molecule has 0 spiro atoms. The molecule has 0 amide bonds. The van der Waals surface area contributed by atoms with Gasteiger partial charge in [0, 0.05) is 31.7 Å². The quantitative estimate of drug-likeness (QED) is 0.889. The molecule has 3 rings (SSSR count). The van der Waals surface area contributed by atoms with Gasteiger partial charge in [-0.2, -0.15) is 0 Å². The van der Waals surface area contributed by atoms with Crippen molar-refractivity contribution >= 4 is 0 Å². The molecule has 1 aromatic rings. The van der Waals surface area contributed by atoms with Crippen LogP contribution in [0.2, 0.25) is 0 Å². The number of benzene rings is 1. The van der Waals surface area contributed by atoms with E-state index in [4.69, 9.17) is 0 Å². The third-order valence-electron chi connectivity index (χ3n) is 4.83. The van der Waals surface area contributed by atoms with Gasteiger partial charge in [0.25, 0.3) is 0 Å². The molecule has 1 aliphatic heterocycles. The Labute approximate surface area is 121 Å². The third kappa shape index (κ3) is 3.39. The molecule has 1 N–H and O–H groups in total. The number of piperazine rings is 1. The Kier molecular flexibility index (Phi) is 4.37. The van der Waals surface area contributed by atoms with E-state index in [9.17, 15) is 4.39 Å². The fourth-order valence-corrected chi connectivity index (χ4v) is 3.30. The van der Waals surface area contributed by atoms with Crippen LogP contribution in [0.15, 0.2) is 24.3 Å². The van der Waals surface area contributed by atoms with Crippen LogP contribution in [0.5, 0.6) is 0 Å². The molecular formula is C17H25FN2. The molecule has 3 heteroatoms. The Morgan fingerprint density at radius 3 is 2.65 bits per heavy atom. The van der Waals surface area contributed by atoms with Gasteiger partial charge in [0.15, 0.2) is 0 Å². The molecule has 0 aromatic heterocycles. The lowest BCUT2D eigenvalue weighted by Crippen LogP contribution is -2.57. The maximum Gasteiger partial charge on any atom is 0.123 e. The van der Waals surface area contributed by atoms with E-state index in [1.54, 1.807) is 12.1 Å². The summed E-state index contributed by atoms with van der Waals surface area (Å²) in [5.74, 6) is 0.775. The molecule has 110 valence electrons. The predicted molar refractivity (Wildman–Crippen MR) is 80.3 cm³/mol. The van der Waals surface area contributed by atoms with E-state index in [0.717, 1.165) is 25.4 Å². The second-order valence-corrected chi connectivity index (χ2v) is 6.29. The first-order valence-electron chi connectivity index (χ1n) is 7.98. The van der Waals surface area contributed by atoms with E-state index in [2.05, 4.69) is 17.1 Å². The van der Waals surface area contributed by atoms with Crippen LogP contribution >= 0.6 is 0 Å². The van der Waals surface area contributed by atoms with Crippen LogP contribution in [0, 0.1) is 11.7 Å². The molecule has 1 aliphatic carbocycles. The normalized spacial score (nSPS) is 27.7. The van der Waals surface area contributed by atoms with Crippen molar-refractivity contribution in [3.05, 3.63) is 35.6 Å². The van der Waals surface area contributed by atoms with E-state index in [1.165, 1.54) is 31.4 Å². The molecule has 2 fully saturated rings. The summed E-state index contributed by atoms with van der Waals surface area (Å²) >= 11 is 0. The predicted octanol–water partition coefficient (Wildman–Crippen LogP) is 2.83. The number of hydrogen-bond donors (Lipinski definition) is 1. The zero-order valence-corrected chi connectivity index (χ0v) is 12.3. The maximum absolute atomic E-state index is 12.9. The molecule has 1 saturated carbocycles. The van der Waals surface area contributed by atoms with Crippen molar-refractivity contribution < 1.29 is 4.39 Å². The summed E-state index contributed by atoms with van der Waals surface area (Å²) in [5, 5.41) is 3.73. The summed E-state index contributed by atoms with van der Waals surface area (Å²) in [7, 11) is 0. The monoisotopic (exact) mass is 276 g/mol. The number of rotatable bonds is 5. The van der Waals surface area contributed by atoms with Gasteiger partial charge in [-0.25, -0.2) is 4.39 Å². The SMILES string of the molecule is CCC1CNC(C2CC2)CN1CCc1ccc(F)cc1. The molecule has 1 heterocycles. The van der Waals surface area contributed by atoms with E-state index in [0.29, 0.717) is 12.1 Å². The minimum atomic E-state index is -0.142. The highest BCUT2D eigenvalue weighted by Crippen LogP contribution is 2.34. The zero-order valence-electron chi connectivity index (χ0n) is 12.3. The highest BCUT2D eigenvalue weighted by Gasteiger charge is 2.36. The molecular weight excluding hydrogens is 251 g/mol. The Bertz CT molecular complexity index is 427. The van der Waals surface area contributed by atoms with Crippen LogP contribution < -0.4 is 5.32 Å². The lowest BCUT2D eigenvalue weighted by Gasteiger charge is -2.40. The highest BCUT2D eigenvalue weighted by atomic mass is 19.1. The van der Waals surface area contributed by atoms with Gasteiger partial charge in [0.1, 0.15) is 5.82 Å². The van der Waals surface area contributed by atoms with E-state index < -0.39 is 0 Å². The van der Waals surface area contributed by atoms with Crippen molar-refractivity contribution in [3.8, 4) is 0 Å². The fraction of sp³-hybridized carbons (Fsp3) is 0.647. The number of nitrogens with one attached hydrogen (secondary N) is 1. The lowest BCUT2D eigenvalue weighted by molar-refractivity contribution is 0.120. The van der Waals surface area contributed by atoms with Crippen molar-refractivity contribution in [1.29, 1.82) is 0 Å². The molecule has 2 aliphatic rings. The summed E-state index contributed by atoms with van der Waals surface area (Å²) in [5.41, 5.74) is 1.24. The number of hydrogen-bond acceptors (Lipinski definition) is 2. The number of nitrogens with zero attached hydrogens (tertiary/aromatic N) is 1. The third-order valence-corrected chi connectivity index (χ3v) is 4.83. The molecule has 0 bridgehead atoms. The molecule has 2 unspecified atom stereocenters. The van der Waals surface area contributed by atoms with Crippen molar-refractivity contribution in [3.63, 3.8) is 0 Å². The van der Waals surface area contributed by atoms with Gasteiger partial charge in [-0.05, 0) is 49.3 Å². The van der Waals surface area contributed by atoms with Gasteiger partial charge in [0.05, 0.1) is 0 Å². The van der Waals surface area contributed by atoms with Crippen LogP contribution in [0.1, 0.15) is 31.7 Å². The summed E-state index contributed by atoms with van der Waals surface area (Å²) in [6.45, 7) is 5.68.